The van der Waals surface area contributed by atoms with Crippen molar-refractivity contribution in [1.82, 2.24) is 9.55 Å². The summed E-state index contributed by atoms with van der Waals surface area (Å²) in [6, 6.07) is 4.30. The highest BCUT2D eigenvalue weighted by molar-refractivity contribution is 5.82. The van der Waals surface area contributed by atoms with E-state index in [4.69, 9.17) is 4.42 Å². The van der Waals surface area contributed by atoms with Crippen LogP contribution in [0.15, 0.2) is 35.0 Å². The predicted molar refractivity (Wildman–Crippen MR) is 68.2 cm³/mol. The van der Waals surface area contributed by atoms with E-state index in [0.29, 0.717) is 22.6 Å². The molecule has 0 fully saturated rings. The smallest absolute Gasteiger partial charge is 0.170 e. The molecule has 3 aromatic rings. The number of benzene rings is 1. The Bertz CT molecular complexity index is 745. The van der Waals surface area contributed by atoms with Crippen LogP contribution >= 0.6 is 0 Å². The topological polar surface area (TPSA) is 51.2 Å². The molecular weight excluding hydrogens is 247 g/mol. The van der Waals surface area contributed by atoms with Crippen LogP contribution < -0.4 is 0 Å². The summed E-state index contributed by atoms with van der Waals surface area (Å²) in [4.78, 5) is 4.10. The number of aromatic nitrogens is 2. The Morgan fingerprint density at radius 2 is 2.21 bits per heavy atom. The lowest BCUT2D eigenvalue weighted by Gasteiger charge is -2.08. The van der Waals surface area contributed by atoms with E-state index >= 15 is 0 Å². The summed E-state index contributed by atoms with van der Waals surface area (Å²) in [6.45, 7) is 1.80. The van der Waals surface area contributed by atoms with Crippen LogP contribution in [0.5, 0.6) is 0 Å². The van der Waals surface area contributed by atoms with Crippen LogP contribution in [0.1, 0.15) is 23.3 Å². The minimum Gasteiger partial charge on any atom is -0.458 e. The van der Waals surface area contributed by atoms with E-state index in [1.165, 1.54) is 12.1 Å². The molecule has 4 nitrogen and oxygen atoms in total. The van der Waals surface area contributed by atoms with Gasteiger partial charge in [-0.25, -0.2) is 9.37 Å². The number of nitrogens with zero attached hydrogens (tertiary/aromatic N) is 2. The second kappa shape index (κ2) is 4.20. The number of hydrogen-bond acceptors (Lipinski definition) is 3. The van der Waals surface area contributed by atoms with Gasteiger partial charge in [0.2, 0.25) is 0 Å². The second-order valence-corrected chi connectivity index (χ2v) is 4.53. The van der Waals surface area contributed by atoms with Gasteiger partial charge in [-0.3, -0.25) is 0 Å². The minimum atomic E-state index is -0.963. The van der Waals surface area contributed by atoms with Crippen molar-refractivity contribution in [1.29, 1.82) is 0 Å². The van der Waals surface area contributed by atoms with Crippen LogP contribution in [0.2, 0.25) is 0 Å². The zero-order valence-electron chi connectivity index (χ0n) is 10.6. The molecule has 1 aromatic carbocycles. The molecule has 0 aliphatic rings. The van der Waals surface area contributed by atoms with Gasteiger partial charge >= 0.3 is 0 Å². The molecule has 0 spiro atoms. The van der Waals surface area contributed by atoms with E-state index in [0.717, 1.165) is 5.56 Å². The fourth-order valence-electron chi connectivity index (χ4n) is 2.23. The number of aliphatic hydroxyl groups excluding tert-OH is 1. The third-order valence-electron chi connectivity index (χ3n) is 3.29. The summed E-state index contributed by atoms with van der Waals surface area (Å²) >= 11 is 0. The Kier molecular flexibility index (Phi) is 2.64. The quantitative estimate of drug-likeness (QED) is 0.770. The minimum absolute atomic E-state index is 0.325. The highest BCUT2D eigenvalue weighted by Crippen LogP contribution is 2.32. The fraction of sp³-hybridized carbons (Fsp3) is 0.214. The van der Waals surface area contributed by atoms with Gasteiger partial charge < -0.3 is 14.1 Å². The SMILES string of the molecule is Cc1c(C(O)c2nccn2C)oc2ccc(F)cc12. The Morgan fingerprint density at radius 1 is 1.42 bits per heavy atom. The van der Waals surface area contributed by atoms with Crippen molar-refractivity contribution in [3.8, 4) is 0 Å². The van der Waals surface area contributed by atoms with Gasteiger partial charge in [-0.1, -0.05) is 0 Å². The van der Waals surface area contributed by atoms with Crippen LogP contribution in [0, 0.1) is 12.7 Å². The fourth-order valence-corrected chi connectivity index (χ4v) is 2.23. The van der Waals surface area contributed by atoms with E-state index in [1.807, 2.05) is 0 Å². The number of aryl methyl sites for hydroxylation is 2. The maximum atomic E-state index is 13.2. The van der Waals surface area contributed by atoms with Crippen molar-refractivity contribution in [3.05, 3.63) is 53.6 Å². The van der Waals surface area contributed by atoms with Crippen molar-refractivity contribution in [2.24, 2.45) is 7.05 Å². The standard InChI is InChI=1S/C14H13FN2O2/c1-8-10-7-9(15)3-4-11(10)19-13(8)12(18)14-16-5-6-17(14)2/h3-7,12,18H,1-2H3. The first kappa shape index (κ1) is 11.9. The first-order chi connectivity index (χ1) is 9.08. The summed E-state index contributed by atoms with van der Waals surface area (Å²) in [6.07, 6.45) is 2.39. The average molecular weight is 260 g/mol. The van der Waals surface area contributed by atoms with Crippen molar-refractivity contribution < 1.29 is 13.9 Å². The van der Waals surface area contributed by atoms with Crippen molar-refractivity contribution >= 4 is 11.0 Å². The monoisotopic (exact) mass is 260 g/mol. The molecule has 19 heavy (non-hydrogen) atoms. The van der Waals surface area contributed by atoms with Gasteiger partial charge in [0.1, 0.15) is 23.0 Å². The van der Waals surface area contributed by atoms with E-state index < -0.39 is 6.10 Å². The second-order valence-electron chi connectivity index (χ2n) is 4.53. The average Bonchev–Trinajstić information content (AvgIpc) is 2.94. The lowest BCUT2D eigenvalue weighted by atomic mass is 10.1. The summed E-state index contributed by atoms with van der Waals surface area (Å²) < 4.78 is 20.6. The third kappa shape index (κ3) is 1.82. The van der Waals surface area contributed by atoms with Crippen LogP contribution in [0.3, 0.4) is 0 Å². The van der Waals surface area contributed by atoms with E-state index in [2.05, 4.69) is 4.98 Å². The van der Waals surface area contributed by atoms with Gasteiger partial charge in [0.15, 0.2) is 6.10 Å². The molecule has 1 atom stereocenters. The van der Waals surface area contributed by atoms with E-state index in [-0.39, 0.29) is 5.82 Å². The zero-order valence-corrected chi connectivity index (χ0v) is 10.6. The molecule has 2 heterocycles. The number of aliphatic hydroxyl groups is 1. The molecule has 1 unspecified atom stereocenters. The molecule has 3 rings (SSSR count). The van der Waals surface area contributed by atoms with Crippen LogP contribution in [-0.2, 0) is 7.05 Å². The molecular formula is C14H13FN2O2. The van der Waals surface area contributed by atoms with E-state index in [9.17, 15) is 9.50 Å². The lowest BCUT2D eigenvalue weighted by Crippen LogP contribution is -2.07. The van der Waals surface area contributed by atoms with Gasteiger partial charge in [0, 0.05) is 30.4 Å². The molecule has 5 heteroatoms. The zero-order chi connectivity index (χ0) is 13.6. The summed E-state index contributed by atoms with van der Waals surface area (Å²) in [5.41, 5.74) is 1.28. The Balaban J connectivity index is 2.15. The van der Waals surface area contributed by atoms with Crippen molar-refractivity contribution in [2.75, 3.05) is 0 Å². The maximum Gasteiger partial charge on any atom is 0.170 e. The van der Waals surface area contributed by atoms with Gasteiger partial charge in [0.25, 0.3) is 0 Å². The predicted octanol–water partition coefficient (Wildman–Crippen LogP) is 2.70. The molecule has 1 N–H and O–H groups in total. The molecule has 0 aliphatic heterocycles. The molecule has 98 valence electrons. The molecule has 0 bridgehead atoms. The van der Waals surface area contributed by atoms with Crippen molar-refractivity contribution in [2.45, 2.75) is 13.0 Å². The molecule has 2 aromatic heterocycles. The molecule has 0 aliphatic carbocycles. The number of imidazole rings is 1. The number of fused-ring (bicyclic) bond motifs is 1. The van der Waals surface area contributed by atoms with Gasteiger partial charge in [-0.2, -0.15) is 0 Å². The van der Waals surface area contributed by atoms with Crippen LogP contribution in [0.4, 0.5) is 4.39 Å². The number of halogens is 1. The van der Waals surface area contributed by atoms with Gasteiger partial charge in [0.05, 0.1) is 0 Å². The first-order valence-corrected chi connectivity index (χ1v) is 5.91. The third-order valence-corrected chi connectivity index (χ3v) is 3.29. The normalized spacial score (nSPS) is 13.1. The number of furan rings is 1. The number of hydrogen-bond donors (Lipinski definition) is 1. The highest BCUT2D eigenvalue weighted by atomic mass is 19.1. The Hall–Kier alpha value is -2.14. The molecule has 0 saturated carbocycles. The lowest BCUT2D eigenvalue weighted by molar-refractivity contribution is 0.178. The summed E-state index contributed by atoms with van der Waals surface area (Å²) in [5, 5.41) is 11.0. The Morgan fingerprint density at radius 3 is 2.89 bits per heavy atom. The molecule has 0 saturated heterocycles. The molecule has 0 radical (unpaired) electrons. The van der Waals surface area contributed by atoms with Gasteiger partial charge in [-0.15, -0.1) is 0 Å². The van der Waals surface area contributed by atoms with Crippen LogP contribution in [-0.4, -0.2) is 14.7 Å². The number of rotatable bonds is 2. The first-order valence-electron chi connectivity index (χ1n) is 5.91. The summed E-state index contributed by atoms with van der Waals surface area (Å²) in [5.74, 6) is 0.562. The van der Waals surface area contributed by atoms with Gasteiger partial charge in [-0.05, 0) is 25.1 Å². The maximum absolute atomic E-state index is 13.2. The largest absolute Gasteiger partial charge is 0.458 e. The van der Waals surface area contributed by atoms with Crippen molar-refractivity contribution in [3.63, 3.8) is 0 Å². The van der Waals surface area contributed by atoms with Crippen LogP contribution in [0.25, 0.3) is 11.0 Å². The summed E-state index contributed by atoms with van der Waals surface area (Å²) in [7, 11) is 1.79. The highest BCUT2D eigenvalue weighted by Gasteiger charge is 2.23. The molecule has 0 amide bonds. The Labute approximate surface area is 109 Å². The van der Waals surface area contributed by atoms with E-state index in [1.54, 1.807) is 37.0 Å².